The topological polar surface area (TPSA) is 56.1 Å². The van der Waals surface area contributed by atoms with Crippen LogP contribution in [0.1, 0.15) is 0 Å². The third-order valence-corrected chi connectivity index (χ3v) is 3.47. The number of fused-ring (bicyclic) bond motifs is 1. The molecule has 1 N–H and O–H groups in total. The second-order valence-electron chi connectivity index (χ2n) is 5.16. The molecular weight excluding hydrogens is 298 g/mol. The normalized spacial score (nSPS) is 10.7. The summed E-state index contributed by atoms with van der Waals surface area (Å²) in [5, 5.41) is 14.5. The van der Waals surface area contributed by atoms with Crippen LogP contribution in [0.3, 0.4) is 0 Å². The van der Waals surface area contributed by atoms with Gasteiger partial charge in [-0.15, -0.1) is 13.2 Å². The summed E-state index contributed by atoms with van der Waals surface area (Å²) < 4.78 is 0. The summed E-state index contributed by atoms with van der Waals surface area (Å²) in [4.78, 5) is 13.9. The summed E-state index contributed by atoms with van der Waals surface area (Å²) in [6.07, 6.45) is 4.67. The Morgan fingerprint density at radius 3 is 2.42 bits per heavy atom. The highest BCUT2D eigenvalue weighted by atomic mass is 16.2. The number of nitriles is 1. The molecule has 0 aliphatic carbocycles. The van der Waals surface area contributed by atoms with E-state index in [-0.39, 0.29) is 11.5 Å². The summed E-state index contributed by atoms with van der Waals surface area (Å²) >= 11 is 0. The van der Waals surface area contributed by atoms with Crippen LogP contribution < -0.4 is 5.32 Å². The summed E-state index contributed by atoms with van der Waals surface area (Å²) in [5.41, 5.74) is 0.847. The molecule has 1 amide bonds. The quantitative estimate of drug-likeness (QED) is 0.479. The lowest BCUT2D eigenvalue weighted by molar-refractivity contribution is -0.125. The van der Waals surface area contributed by atoms with Crippen molar-refractivity contribution in [2.24, 2.45) is 0 Å². The van der Waals surface area contributed by atoms with Crippen molar-refractivity contribution in [3.05, 3.63) is 79.5 Å². The van der Waals surface area contributed by atoms with Crippen molar-refractivity contribution in [3.63, 3.8) is 0 Å². The van der Waals surface area contributed by atoms with Crippen LogP contribution in [0, 0.1) is 11.3 Å². The van der Waals surface area contributed by atoms with Gasteiger partial charge in [0.15, 0.2) is 0 Å². The molecule has 0 fully saturated rings. The average molecular weight is 317 g/mol. The van der Waals surface area contributed by atoms with Crippen molar-refractivity contribution >= 4 is 22.4 Å². The van der Waals surface area contributed by atoms with E-state index in [0.29, 0.717) is 13.1 Å². The monoisotopic (exact) mass is 317 g/mol. The van der Waals surface area contributed by atoms with Crippen molar-refractivity contribution in [1.82, 2.24) is 4.90 Å². The molecule has 2 aromatic carbocycles. The van der Waals surface area contributed by atoms with Gasteiger partial charge in [-0.05, 0) is 22.9 Å². The molecule has 2 rings (SSSR count). The lowest BCUT2D eigenvalue weighted by atomic mass is 10.1. The summed E-state index contributed by atoms with van der Waals surface area (Å²) in [5.74, 6) is -0.356. The van der Waals surface area contributed by atoms with Gasteiger partial charge in [0.2, 0.25) is 0 Å². The van der Waals surface area contributed by atoms with Gasteiger partial charge in [0.05, 0.1) is 0 Å². The number of benzene rings is 2. The van der Waals surface area contributed by atoms with E-state index < -0.39 is 0 Å². The molecule has 120 valence electrons. The van der Waals surface area contributed by atoms with Gasteiger partial charge in [-0.1, -0.05) is 42.5 Å². The van der Waals surface area contributed by atoms with Crippen molar-refractivity contribution in [3.8, 4) is 6.07 Å². The Bertz CT molecular complexity index is 820. The average Bonchev–Trinajstić information content (AvgIpc) is 2.61. The van der Waals surface area contributed by atoms with Crippen LogP contribution in [0.2, 0.25) is 0 Å². The van der Waals surface area contributed by atoms with Crippen LogP contribution in [-0.4, -0.2) is 23.9 Å². The molecule has 0 aliphatic heterocycles. The van der Waals surface area contributed by atoms with E-state index in [1.807, 2.05) is 48.5 Å². The first kappa shape index (κ1) is 17.0. The number of hydrogen-bond donors (Lipinski definition) is 1. The maximum absolute atomic E-state index is 12.4. The zero-order valence-corrected chi connectivity index (χ0v) is 13.4. The highest BCUT2D eigenvalue weighted by Gasteiger charge is 2.15. The fourth-order valence-electron chi connectivity index (χ4n) is 2.30. The van der Waals surface area contributed by atoms with E-state index in [2.05, 4.69) is 18.5 Å². The van der Waals surface area contributed by atoms with Gasteiger partial charge < -0.3 is 10.2 Å². The lowest BCUT2D eigenvalue weighted by Crippen LogP contribution is -2.32. The van der Waals surface area contributed by atoms with Crippen LogP contribution in [0.4, 0.5) is 5.69 Å². The molecular formula is C20H19N3O. The molecule has 24 heavy (non-hydrogen) atoms. The van der Waals surface area contributed by atoms with E-state index in [1.165, 1.54) is 11.1 Å². The summed E-state index contributed by atoms with van der Waals surface area (Å²) in [7, 11) is 0. The Morgan fingerprint density at radius 2 is 1.79 bits per heavy atom. The molecule has 0 saturated heterocycles. The first-order chi connectivity index (χ1) is 11.7. The number of nitrogens with zero attached hydrogens (tertiary/aromatic N) is 2. The first-order valence-electron chi connectivity index (χ1n) is 7.56. The van der Waals surface area contributed by atoms with Crippen LogP contribution in [0.15, 0.2) is 79.5 Å². The second kappa shape index (κ2) is 8.35. The van der Waals surface area contributed by atoms with Crippen LogP contribution in [0.25, 0.3) is 10.8 Å². The third-order valence-electron chi connectivity index (χ3n) is 3.47. The summed E-state index contributed by atoms with van der Waals surface area (Å²) in [6, 6.07) is 15.8. The molecule has 0 saturated carbocycles. The Labute approximate surface area is 142 Å². The lowest BCUT2D eigenvalue weighted by Gasteiger charge is -2.18. The minimum Gasteiger partial charge on any atom is -0.360 e. The van der Waals surface area contributed by atoms with Gasteiger partial charge >= 0.3 is 0 Å². The number of hydrogen-bond acceptors (Lipinski definition) is 3. The van der Waals surface area contributed by atoms with Crippen molar-refractivity contribution < 1.29 is 4.79 Å². The van der Waals surface area contributed by atoms with Gasteiger partial charge in [0, 0.05) is 25.0 Å². The molecule has 4 heteroatoms. The number of amides is 1. The minimum atomic E-state index is -0.356. The maximum Gasteiger partial charge on any atom is 0.266 e. The molecule has 0 atom stereocenters. The Morgan fingerprint density at radius 1 is 1.12 bits per heavy atom. The second-order valence-corrected chi connectivity index (χ2v) is 5.16. The van der Waals surface area contributed by atoms with Crippen LogP contribution in [0.5, 0.6) is 0 Å². The van der Waals surface area contributed by atoms with Gasteiger partial charge in [-0.3, -0.25) is 4.79 Å². The number of carbonyl (C=O) groups excluding carboxylic acids is 1. The van der Waals surface area contributed by atoms with E-state index in [1.54, 1.807) is 12.2 Å². The van der Waals surface area contributed by atoms with Gasteiger partial charge in [0.1, 0.15) is 11.6 Å². The van der Waals surface area contributed by atoms with Crippen molar-refractivity contribution in [1.29, 1.82) is 5.26 Å². The standard InChI is InChI=1S/C20H19N3O/c1-3-11-23(12-4-2)20(24)18(14-21)15-22-19-10-9-16-7-5-6-8-17(16)13-19/h3-10,13,15,22H,1-2,11-12H2/b18-15-. The van der Waals surface area contributed by atoms with Crippen LogP contribution >= 0.6 is 0 Å². The molecule has 0 aliphatic rings. The fraction of sp³-hybridized carbons (Fsp3) is 0.100. The van der Waals surface area contributed by atoms with Crippen molar-refractivity contribution in [2.45, 2.75) is 0 Å². The number of nitrogens with one attached hydrogen (secondary N) is 1. The molecule has 0 aromatic heterocycles. The van der Waals surface area contributed by atoms with E-state index in [9.17, 15) is 10.1 Å². The Kier molecular flexibility index (Phi) is 5.93. The first-order valence-corrected chi connectivity index (χ1v) is 7.56. The highest BCUT2D eigenvalue weighted by Crippen LogP contribution is 2.19. The summed E-state index contributed by atoms with van der Waals surface area (Å²) in [6.45, 7) is 7.98. The Hall–Kier alpha value is -3.32. The van der Waals surface area contributed by atoms with Gasteiger partial charge in [-0.25, -0.2) is 0 Å². The zero-order chi connectivity index (χ0) is 17.4. The number of rotatable bonds is 7. The largest absolute Gasteiger partial charge is 0.360 e. The van der Waals surface area contributed by atoms with E-state index in [0.717, 1.165) is 16.5 Å². The predicted octanol–water partition coefficient (Wildman–Crippen LogP) is 3.86. The third kappa shape index (κ3) is 4.11. The minimum absolute atomic E-state index is 0.0341. The molecule has 0 radical (unpaired) electrons. The van der Waals surface area contributed by atoms with E-state index in [4.69, 9.17) is 0 Å². The Balaban J connectivity index is 2.19. The van der Waals surface area contributed by atoms with Crippen LogP contribution in [-0.2, 0) is 4.79 Å². The SMILES string of the molecule is C=CCN(CC=C)C(=O)/C(C#N)=C\Nc1ccc2ccccc2c1. The molecule has 0 heterocycles. The smallest absolute Gasteiger partial charge is 0.266 e. The van der Waals surface area contributed by atoms with Crippen molar-refractivity contribution in [2.75, 3.05) is 18.4 Å². The van der Waals surface area contributed by atoms with E-state index >= 15 is 0 Å². The number of anilines is 1. The maximum atomic E-state index is 12.4. The predicted molar refractivity (Wildman–Crippen MR) is 98.2 cm³/mol. The van der Waals surface area contributed by atoms with Gasteiger partial charge in [0.25, 0.3) is 5.91 Å². The van der Waals surface area contributed by atoms with Gasteiger partial charge in [-0.2, -0.15) is 5.26 Å². The molecule has 2 aromatic rings. The highest BCUT2D eigenvalue weighted by molar-refractivity contribution is 5.97. The molecule has 0 unspecified atom stereocenters. The molecule has 0 spiro atoms. The molecule has 0 bridgehead atoms. The fourth-order valence-corrected chi connectivity index (χ4v) is 2.30. The molecule has 4 nitrogen and oxygen atoms in total. The number of carbonyl (C=O) groups is 1. The zero-order valence-electron chi connectivity index (χ0n) is 13.4.